The molecule has 1 atom stereocenters. The predicted molar refractivity (Wildman–Crippen MR) is 82.2 cm³/mol. The van der Waals surface area contributed by atoms with Gasteiger partial charge in [-0.3, -0.25) is 0 Å². The molecule has 0 bridgehead atoms. The summed E-state index contributed by atoms with van der Waals surface area (Å²) in [5.74, 6) is 0.961. The second-order valence-electron chi connectivity index (χ2n) is 5.51. The van der Waals surface area contributed by atoms with Crippen LogP contribution in [0.5, 0.6) is 0 Å². The molecule has 1 aliphatic rings. The Balaban J connectivity index is 1.81. The van der Waals surface area contributed by atoms with Gasteiger partial charge in [0.2, 0.25) is 0 Å². The Bertz CT molecular complexity index is 779. The van der Waals surface area contributed by atoms with Crippen molar-refractivity contribution in [2.24, 2.45) is 0 Å². The molecule has 5 nitrogen and oxygen atoms in total. The van der Waals surface area contributed by atoms with Crippen molar-refractivity contribution in [3.8, 4) is 0 Å². The highest BCUT2D eigenvalue weighted by atomic mass is 15.2. The fourth-order valence-electron chi connectivity index (χ4n) is 3.27. The van der Waals surface area contributed by atoms with Crippen molar-refractivity contribution in [3.63, 3.8) is 0 Å². The fraction of sp³-hybridized carbons (Fsp3) is 0.312. The minimum Gasteiger partial charge on any atom is -0.348 e. The van der Waals surface area contributed by atoms with Crippen molar-refractivity contribution < 1.29 is 0 Å². The number of fused-ring (bicyclic) bond motifs is 1. The minimum atomic E-state index is 0.382. The SMILES string of the molecule is Cc1ccccc1C1CCCN1c1ncnc2nc[nH]c12. The summed E-state index contributed by atoms with van der Waals surface area (Å²) in [7, 11) is 0. The summed E-state index contributed by atoms with van der Waals surface area (Å²) in [5, 5.41) is 0. The molecule has 1 fully saturated rings. The predicted octanol–water partition coefficient (Wildman–Crippen LogP) is 3.00. The first-order valence-electron chi connectivity index (χ1n) is 7.31. The van der Waals surface area contributed by atoms with E-state index in [1.165, 1.54) is 17.5 Å². The Morgan fingerprint density at radius 3 is 3.00 bits per heavy atom. The number of aromatic amines is 1. The normalized spacial score (nSPS) is 18.5. The number of hydrogen-bond acceptors (Lipinski definition) is 4. The van der Waals surface area contributed by atoms with Gasteiger partial charge in [-0.15, -0.1) is 0 Å². The van der Waals surface area contributed by atoms with Crippen molar-refractivity contribution in [3.05, 3.63) is 48.0 Å². The standard InChI is InChI=1S/C16H17N5/c1-11-5-2-3-6-12(11)13-7-4-8-21(13)16-14-15(18-9-17-14)19-10-20-16/h2-3,5-6,9-10,13H,4,7-8H2,1H3,(H,17,18,19,20). The van der Waals surface area contributed by atoms with Gasteiger partial charge in [0.15, 0.2) is 11.5 Å². The number of aromatic nitrogens is 4. The lowest BCUT2D eigenvalue weighted by molar-refractivity contribution is 0.708. The zero-order valence-electron chi connectivity index (χ0n) is 12.0. The number of nitrogens with one attached hydrogen (secondary N) is 1. The summed E-state index contributed by atoms with van der Waals surface area (Å²) in [6.45, 7) is 3.20. The van der Waals surface area contributed by atoms with Crippen LogP contribution in [0.1, 0.15) is 30.0 Å². The quantitative estimate of drug-likeness (QED) is 0.783. The van der Waals surface area contributed by atoms with Gasteiger partial charge in [0.05, 0.1) is 12.4 Å². The molecule has 0 saturated carbocycles. The number of aryl methyl sites for hydroxylation is 1. The number of rotatable bonds is 2. The highest BCUT2D eigenvalue weighted by molar-refractivity contribution is 5.83. The van der Waals surface area contributed by atoms with Gasteiger partial charge in [0.25, 0.3) is 0 Å². The van der Waals surface area contributed by atoms with Gasteiger partial charge in [0, 0.05) is 6.54 Å². The van der Waals surface area contributed by atoms with Gasteiger partial charge in [-0.2, -0.15) is 0 Å². The number of anilines is 1. The van der Waals surface area contributed by atoms with Crippen LogP contribution >= 0.6 is 0 Å². The lowest BCUT2D eigenvalue weighted by Gasteiger charge is -2.27. The van der Waals surface area contributed by atoms with Crippen molar-refractivity contribution >= 4 is 17.0 Å². The summed E-state index contributed by atoms with van der Waals surface area (Å²) in [4.78, 5) is 18.5. The van der Waals surface area contributed by atoms with Crippen LogP contribution in [-0.2, 0) is 0 Å². The number of nitrogens with zero attached hydrogens (tertiary/aromatic N) is 4. The van der Waals surface area contributed by atoms with E-state index in [0.717, 1.165) is 29.9 Å². The average molecular weight is 279 g/mol. The zero-order valence-corrected chi connectivity index (χ0v) is 12.0. The van der Waals surface area contributed by atoms with Crippen LogP contribution in [-0.4, -0.2) is 26.5 Å². The topological polar surface area (TPSA) is 57.7 Å². The molecule has 0 spiro atoms. The van der Waals surface area contributed by atoms with Crippen LogP contribution in [0.2, 0.25) is 0 Å². The molecule has 1 unspecified atom stereocenters. The van der Waals surface area contributed by atoms with Crippen LogP contribution in [0.15, 0.2) is 36.9 Å². The van der Waals surface area contributed by atoms with E-state index < -0.39 is 0 Å². The van der Waals surface area contributed by atoms with E-state index in [1.54, 1.807) is 12.7 Å². The molecule has 1 saturated heterocycles. The number of hydrogen-bond donors (Lipinski definition) is 1. The van der Waals surface area contributed by atoms with E-state index >= 15 is 0 Å². The summed E-state index contributed by atoms with van der Waals surface area (Å²) in [6.07, 6.45) is 5.62. The first kappa shape index (κ1) is 12.3. The summed E-state index contributed by atoms with van der Waals surface area (Å²) < 4.78 is 0. The Kier molecular flexibility index (Phi) is 2.84. The summed E-state index contributed by atoms with van der Waals surface area (Å²) in [5.41, 5.74) is 4.39. The van der Waals surface area contributed by atoms with Gasteiger partial charge in [-0.1, -0.05) is 24.3 Å². The first-order chi connectivity index (χ1) is 10.3. The Morgan fingerprint density at radius 2 is 2.10 bits per heavy atom. The third-order valence-corrected chi connectivity index (χ3v) is 4.28. The van der Waals surface area contributed by atoms with Crippen LogP contribution in [0.4, 0.5) is 5.82 Å². The number of H-pyrrole nitrogens is 1. The average Bonchev–Trinajstić information content (AvgIpc) is 3.16. The van der Waals surface area contributed by atoms with Crippen LogP contribution in [0.25, 0.3) is 11.2 Å². The van der Waals surface area contributed by atoms with Crippen LogP contribution < -0.4 is 4.90 Å². The Morgan fingerprint density at radius 1 is 1.19 bits per heavy atom. The molecule has 0 radical (unpaired) electrons. The first-order valence-corrected chi connectivity index (χ1v) is 7.31. The van der Waals surface area contributed by atoms with E-state index in [-0.39, 0.29) is 0 Å². The molecule has 1 aliphatic heterocycles. The Hall–Kier alpha value is -2.43. The molecule has 3 aromatic rings. The van der Waals surface area contributed by atoms with E-state index in [0.29, 0.717) is 6.04 Å². The minimum absolute atomic E-state index is 0.382. The van der Waals surface area contributed by atoms with Crippen molar-refractivity contribution in [2.75, 3.05) is 11.4 Å². The van der Waals surface area contributed by atoms with Crippen molar-refractivity contribution in [1.82, 2.24) is 19.9 Å². The molecule has 4 rings (SSSR count). The maximum Gasteiger partial charge on any atom is 0.182 e. The van der Waals surface area contributed by atoms with Crippen LogP contribution in [0, 0.1) is 6.92 Å². The van der Waals surface area contributed by atoms with Gasteiger partial charge in [-0.25, -0.2) is 15.0 Å². The molecular formula is C16H17N5. The van der Waals surface area contributed by atoms with E-state index in [2.05, 4.69) is 56.0 Å². The molecule has 2 aromatic heterocycles. The van der Waals surface area contributed by atoms with E-state index in [4.69, 9.17) is 0 Å². The second kappa shape index (κ2) is 4.84. The number of imidazole rings is 1. The lowest BCUT2D eigenvalue weighted by Crippen LogP contribution is -2.24. The maximum atomic E-state index is 4.51. The smallest absolute Gasteiger partial charge is 0.182 e. The molecule has 3 heterocycles. The highest BCUT2D eigenvalue weighted by Crippen LogP contribution is 2.38. The fourth-order valence-corrected chi connectivity index (χ4v) is 3.27. The number of benzene rings is 1. The zero-order chi connectivity index (χ0) is 14.2. The third kappa shape index (κ3) is 1.96. The maximum absolute atomic E-state index is 4.51. The van der Waals surface area contributed by atoms with Gasteiger partial charge >= 0.3 is 0 Å². The van der Waals surface area contributed by atoms with E-state index in [1.807, 2.05) is 0 Å². The van der Waals surface area contributed by atoms with Gasteiger partial charge < -0.3 is 9.88 Å². The molecule has 1 aromatic carbocycles. The molecule has 106 valence electrons. The largest absolute Gasteiger partial charge is 0.348 e. The Labute approximate surface area is 123 Å². The molecule has 21 heavy (non-hydrogen) atoms. The molecule has 1 N–H and O–H groups in total. The third-order valence-electron chi connectivity index (χ3n) is 4.28. The molecule has 0 aliphatic carbocycles. The summed E-state index contributed by atoms with van der Waals surface area (Å²) in [6, 6.07) is 8.99. The second-order valence-corrected chi connectivity index (χ2v) is 5.51. The monoisotopic (exact) mass is 279 g/mol. The van der Waals surface area contributed by atoms with Crippen LogP contribution in [0.3, 0.4) is 0 Å². The van der Waals surface area contributed by atoms with Crippen molar-refractivity contribution in [1.29, 1.82) is 0 Å². The van der Waals surface area contributed by atoms with Gasteiger partial charge in [-0.05, 0) is 30.9 Å². The summed E-state index contributed by atoms with van der Waals surface area (Å²) >= 11 is 0. The lowest BCUT2D eigenvalue weighted by atomic mass is 9.99. The molecular weight excluding hydrogens is 262 g/mol. The van der Waals surface area contributed by atoms with E-state index in [9.17, 15) is 0 Å². The molecule has 0 amide bonds. The van der Waals surface area contributed by atoms with Crippen molar-refractivity contribution in [2.45, 2.75) is 25.8 Å². The van der Waals surface area contributed by atoms with Gasteiger partial charge in [0.1, 0.15) is 11.8 Å². The highest BCUT2D eigenvalue weighted by Gasteiger charge is 2.29. The molecule has 5 heteroatoms.